The van der Waals surface area contributed by atoms with E-state index in [1.54, 1.807) is 0 Å². The van der Waals surface area contributed by atoms with Crippen molar-refractivity contribution in [1.82, 2.24) is 0 Å². The normalized spacial score (nSPS) is 13.7. The highest BCUT2D eigenvalue weighted by molar-refractivity contribution is 7.47. The molecular formula is C84H164O17P2. The van der Waals surface area contributed by atoms with E-state index in [9.17, 15) is 43.2 Å². The summed E-state index contributed by atoms with van der Waals surface area (Å²) in [5.74, 6) is -2.11. The Balaban J connectivity index is 5.16. The number of carbonyl (C=O) groups is 4. The maximum Gasteiger partial charge on any atom is 0.472 e. The van der Waals surface area contributed by atoms with Crippen molar-refractivity contribution in [3.8, 4) is 0 Å². The van der Waals surface area contributed by atoms with Gasteiger partial charge in [0.25, 0.3) is 0 Å². The van der Waals surface area contributed by atoms with Gasteiger partial charge in [-0.2, -0.15) is 0 Å². The van der Waals surface area contributed by atoms with Crippen LogP contribution >= 0.6 is 15.6 Å². The predicted molar refractivity (Wildman–Crippen MR) is 423 cm³/mol. The Bertz CT molecular complexity index is 1950. The first-order valence-electron chi connectivity index (χ1n) is 43.8. The summed E-state index contributed by atoms with van der Waals surface area (Å²) in [5, 5.41) is 10.6. The van der Waals surface area contributed by atoms with Crippen molar-refractivity contribution in [3.63, 3.8) is 0 Å². The quantitative estimate of drug-likeness (QED) is 0.0222. The van der Waals surface area contributed by atoms with Crippen molar-refractivity contribution in [3.05, 3.63) is 0 Å². The number of phosphoric acid groups is 2. The van der Waals surface area contributed by atoms with E-state index in [4.69, 9.17) is 37.0 Å². The molecule has 0 aromatic carbocycles. The van der Waals surface area contributed by atoms with Gasteiger partial charge in [-0.1, -0.05) is 407 Å². The Morgan fingerprint density at radius 2 is 0.388 bits per heavy atom. The largest absolute Gasteiger partial charge is 0.472 e. The molecule has 0 radical (unpaired) electrons. The first kappa shape index (κ1) is 101. The zero-order valence-corrected chi connectivity index (χ0v) is 69.1. The molecule has 0 aliphatic carbocycles. The second-order valence-corrected chi connectivity index (χ2v) is 33.1. The molecule has 0 aliphatic heterocycles. The van der Waals surface area contributed by atoms with Crippen molar-refractivity contribution >= 4 is 39.5 Å². The minimum absolute atomic E-state index is 0.109. The minimum atomic E-state index is -4.96. The second kappa shape index (κ2) is 78.2. The zero-order valence-electron chi connectivity index (χ0n) is 67.3. The smallest absolute Gasteiger partial charge is 0.462 e. The highest BCUT2D eigenvalue weighted by Gasteiger charge is 2.30. The Morgan fingerprint density at radius 3 is 0.573 bits per heavy atom. The molecule has 0 saturated heterocycles. The van der Waals surface area contributed by atoms with Gasteiger partial charge in [-0.05, 0) is 25.7 Å². The van der Waals surface area contributed by atoms with Gasteiger partial charge in [0.05, 0.1) is 26.4 Å². The lowest BCUT2D eigenvalue weighted by molar-refractivity contribution is -0.161. The number of esters is 4. The highest BCUT2D eigenvalue weighted by Crippen LogP contribution is 2.45. The molecule has 3 N–H and O–H groups in total. The molecule has 0 amide bonds. The minimum Gasteiger partial charge on any atom is -0.462 e. The molecular weight excluding hydrogens is 1340 g/mol. The molecule has 2 unspecified atom stereocenters. The number of unbranched alkanes of at least 4 members (excludes halogenated alkanes) is 59. The van der Waals surface area contributed by atoms with Crippen LogP contribution in [0.25, 0.3) is 0 Å². The van der Waals surface area contributed by atoms with E-state index in [-0.39, 0.29) is 25.7 Å². The van der Waals surface area contributed by atoms with Gasteiger partial charge in [0, 0.05) is 25.7 Å². The van der Waals surface area contributed by atoms with Crippen molar-refractivity contribution < 1.29 is 80.2 Å². The summed E-state index contributed by atoms with van der Waals surface area (Å²) in [6.45, 7) is 5.01. The van der Waals surface area contributed by atoms with E-state index in [2.05, 4.69) is 27.7 Å². The number of hydrogen-bond donors (Lipinski definition) is 3. The van der Waals surface area contributed by atoms with Gasteiger partial charge in [0.15, 0.2) is 12.2 Å². The topological polar surface area (TPSA) is 237 Å². The lowest BCUT2D eigenvalue weighted by Gasteiger charge is -2.21. The van der Waals surface area contributed by atoms with Crippen LogP contribution in [-0.4, -0.2) is 96.7 Å². The predicted octanol–water partition coefficient (Wildman–Crippen LogP) is 25.7. The molecule has 612 valence electrons. The third-order valence-corrected chi connectivity index (χ3v) is 21.8. The third kappa shape index (κ3) is 78.0. The molecule has 0 rings (SSSR count). The summed E-state index contributed by atoms with van der Waals surface area (Å²) in [6.07, 6.45) is 72.4. The van der Waals surface area contributed by atoms with Gasteiger partial charge in [-0.3, -0.25) is 37.3 Å². The molecule has 0 bridgehead atoms. The molecule has 0 aromatic heterocycles. The molecule has 19 heteroatoms. The monoisotopic (exact) mass is 1510 g/mol. The summed E-state index contributed by atoms with van der Waals surface area (Å²) in [5.41, 5.74) is 0. The van der Waals surface area contributed by atoms with Crippen molar-refractivity contribution in [1.29, 1.82) is 0 Å². The van der Waals surface area contributed by atoms with Crippen molar-refractivity contribution in [2.45, 2.75) is 476 Å². The SMILES string of the molecule is CCCCCCCCCCCCCCCCCCCCCC(=O)OC[C@H](COP(=O)(O)OC[C@@H](O)COP(=O)(O)OC[C@@H](COC(=O)CCCCCCCCC)OC(=O)CCCCCCCCCCCCCCCCCCCC)OC(=O)CCCCCCCCCCCCCCCCCCCCC. The maximum atomic E-state index is 13.1. The first-order chi connectivity index (χ1) is 50.2. The van der Waals surface area contributed by atoms with Gasteiger partial charge in [-0.25, -0.2) is 9.13 Å². The summed E-state index contributed by atoms with van der Waals surface area (Å²) in [6, 6.07) is 0. The van der Waals surface area contributed by atoms with E-state index >= 15 is 0 Å². The van der Waals surface area contributed by atoms with Gasteiger partial charge in [0.1, 0.15) is 19.3 Å². The number of hydrogen-bond acceptors (Lipinski definition) is 15. The van der Waals surface area contributed by atoms with Crippen LogP contribution < -0.4 is 0 Å². The van der Waals surface area contributed by atoms with Crippen LogP contribution in [0.4, 0.5) is 0 Å². The average molecular weight is 1510 g/mol. The molecule has 17 nitrogen and oxygen atoms in total. The third-order valence-electron chi connectivity index (χ3n) is 19.9. The molecule has 0 spiro atoms. The molecule has 103 heavy (non-hydrogen) atoms. The Labute approximate surface area is 632 Å². The van der Waals surface area contributed by atoms with Crippen LogP contribution in [0, 0.1) is 0 Å². The Kier molecular flexibility index (Phi) is 76.7. The number of phosphoric ester groups is 2. The average Bonchev–Trinajstić information content (AvgIpc) is 0.910. The van der Waals surface area contributed by atoms with E-state index < -0.39 is 97.5 Å². The van der Waals surface area contributed by atoms with Gasteiger partial charge in [0.2, 0.25) is 0 Å². The fourth-order valence-corrected chi connectivity index (χ4v) is 14.7. The fourth-order valence-electron chi connectivity index (χ4n) is 13.2. The van der Waals surface area contributed by atoms with Crippen molar-refractivity contribution in [2.24, 2.45) is 0 Å². The van der Waals surface area contributed by atoms with Crippen LogP contribution in [0.5, 0.6) is 0 Å². The highest BCUT2D eigenvalue weighted by atomic mass is 31.2. The standard InChI is InChI=1S/C84H164O17P2/c1-5-9-13-17-21-24-27-30-33-36-39-42-44-47-50-53-57-61-65-69-82(87)95-75-80(101-84(89)71-67-63-59-55-52-49-46-43-40-37-34-31-28-25-22-18-14-10-6-2)77-99-103(92,93)97-73-78(85)72-96-102(90,91)98-76-79(74-94-81(86)68-64-60-56-20-16-12-8-4)100-83(88)70-66-62-58-54-51-48-45-41-38-35-32-29-26-23-19-15-11-7-3/h78-80,85H,5-77H2,1-4H3,(H,90,91)(H,92,93)/t78-,79+,80+/m0/s1. The van der Waals surface area contributed by atoms with Crippen LogP contribution in [0.1, 0.15) is 458 Å². The Morgan fingerprint density at radius 1 is 0.233 bits per heavy atom. The van der Waals surface area contributed by atoms with E-state index in [1.165, 1.54) is 276 Å². The van der Waals surface area contributed by atoms with E-state index in [0.717, 1.165) is 103 Å². The van der Waals surface area contributed by atoms with Gasteiger partial charge in [-0.15, -0.1) is 0 Å². The van der Waals surface area contributed by atoms with E-state index in [1.807, 2.05) is 0 Å². The molecule has 5 atom stereocenters. The molecule has 0 fully saturated rings. The fraction of sp³-hybridized carbons (Fsp3) is 0.952. The van der Waals surface area contributed by atoms with Gasteiger partial charge < -0.3 is 33.8 Å². The maximum absolute atomic E-state index is 13.1. The van der Waals surface area contributed by atoms with Crippen LogP contribution in [0.2, 0.25) is 0 Å². The summed E-state index contributed by atoms with van der Waals surface area (Å²) >= 11 is 0. The van der Waals surface area contributed by atoms with Gasteiger partial charge >= 0.3 is 39.5 Å². The van der Waals surface area contributed by atoms with Crippen molar-refractivity contribution in [2.75, 3.05) is 39.6 Å². The van der Waals surface area contributed by atoms with Crippen LogP contribution in [0.3, 0.4) is 0 Å². The number of ether oxygens (including phenoxy) is 4. The number of carbonyl (C=O) groups excluding carboxylic acids is 4. The summed E-state index contributed by atoms with van der Waals surface area (Å²) in [4.78, 5) is 73.0. The number of aliphatic hydroxyl groups is 1. The summed E-state index contributed by atoms with van der Waals surface area (Å²) in [7, 11) is -9.92. The molecule has 0 aromatic rings. The second-order valence-electron chi connectivity index (χ2n) is 30.2. The molecule has 0 saturated carbocycles. The molecule has 0 aliphatic rings. The lowest BCUT2D eigenvalue weighted by Crippen LogP contribution is -2.30. The molecule has 0 heterocycles. The Hall–Kier alpha value is -1.94. The number of aliphatic hydroxyl groups excluding tert-OH is 1. The zero-order chi connectivity index (χ0) is 75.3. The lowest BCUT2D eigenvalue weighted by atomic mass is 10.0. The van der Waals surface area contributed by atoms with Crippen LogP contribution in [-0.2, 0) is 65.4 Å². The first-order valence-corrected chi connectivity index (χ1v) is 46.8. The summed E-state index contributed by atoms with van der Waals surface area (Å²) < 4.78 is 68.7. The van der Waals surface area contributed by atoms with E-state index in [0.29, 0.717) is 25.7 Å². The van der Waals surface area contributed by atoms with Crippen LogP contribution in [0.15, 0.2) is 0 Å². The number of rotatable bonds is 85.